The van der Waals surface area contributed by atoms with E-state index >= 15 is 0 Å². The highest BCUT2D eigenvalue weighted by atomic mass is 32.2. The smallest absolute Gasteiger partial charge is 0.120 e. The zero-order valence-corrected chi connectivity index (χ0v) is 12.3. The zero-order chi connectivity index (χ0) is 13.1. The summed E-state index contributed by atoms with van der Waals surface area (Å²) in [5.41, 5.74) is 7.61. The molecule has 0 amide bonds. The predicted octanol–water partition coefficient (Wildman–Crippen LogP) is 3.34. The molecule has 2 N–H and O–H groups in total. The predicted molar refractivity (Wildman–Crippen MR) is 82.0 cm³/mol. The maximum Gasteiger partial charge on any atom is 0.120 e. The van der Waals surface area contributed by atoms with Gasteiger partial charge in [0, 0.05) is 12.0 Å². The van der Waals surface area contributed by atoms with Crippen molar-refractivity contribution in [2.75, 3.05) is 18.1 Å². The van der Waals surface area contributed by atoms with Gasteiger partial charge >= 0.3 is 0 Å². The monoisotopic (exact) mass is 277 g/mol. The number of hydrogen-bond acceptors (Lipinski definition) is 3. The summed E-state index contributed by atoms with van der Waals surface area (Å²) >= 11 is 2.04. The Morgan fingerprint density at radius 1 is 1.26 bits per heavy atom. The van der Waals surface area contributed by atoms with Crippen molar-refractivity contribution in [2.24, 2.45) is 5.73 Å². The molecule has 0 unspecified atom stereocenters. The van der Waals surface area contributed by atoms with Gasteiger partial charge in [-0.2, -0.15) is 11.8 Å². The summed E-state index contributed by atoms with van der Waals surface area (Å²) in [6.07, 6.45) is 6.53. The average Bonchev–Trinajstić information content (AvgIpc) is 2.40. The first-order chi connectivity index (χ1) is 9.32. The summed E-state index contributed by atoms with van der Waals surface area (Å²) in [7, 11) is 0. The zero-order valence-electron chi connectivity index (χ0n) is 11.4. The fourth-order valence-electron chi connectivity index (χ4n) is 3.10. The molecule has 1 saturated heterocycles. The molecule has 1 saturated carbocycles. The van der Waals surface area contributed by atoms with E-state index in [9.17, 15) is 0 Å². The largest absolute Gasteiger partial charge is 0.490 e. The van der Waals surface area contributed by atoms with E-state index in [1.54, 1.807) is 0 Å². The van der Waals surface area contributed by atoms with Gasteiger partial charge < -0.3 is 10.5 Å². The first-order valence-electron chi connectivity index (χ1n) is 7.37. The molecule has 2 aliphatic rings. The van der Waals surface area contributed by atoms with Crippen LogP contribution in [0.1, 0.15) is 37.7 Å². The lowest BCUT2D eigenvalue weighted by Crippen LogP contribution is -2.41. The van der Waals surface area contributed by atoms with Crippen LogP contribution in [0.2, 0.25) is 0 Å². The second-order valence-electron chi connectivity index (χ2n) is 5.80. The van der Waals surface area contributed by atoms with E-state index in [0.717, 1.165) is 12.3 Å². The van der Waals surface area contributed by atoms with Gasteiger partial charge in [-0.3, -0.25) is 0 Å². The van der Waals surface area contributed by atoms with Gasteiger partial charge in [-0.25, -0.2) is 0 Å². The molecule has 0 aromatic heterocycles. The van der Waals surface area contributed by atoms with Crippen molar-refractivity contribution in [3.63, 3.8) is 0 Å². The lowest BCUT2D eigenvalue weighted by Gasteiger charge is -2.41. The molecule has 1 aliphatic carbocycles. The molecule has 19 heavy (non-hydrogen) atoms. The van der Waals surface area contributed by atoms with Gasteiger partial charge in [-0.15, -0.1) is 0 Å². The van der Waals surface area contributed by atoms with Crippen molar-refractivity contribution >= 4 is 11.8 Å². The van der Waals surface area contributed by atoms with Crippen molar-refractivity contribution < 1.29 is 4.74 Å². The van der Waals surface area contributed by atoms with Crippen LogP contribution in [-0.2, 0) is 5.41 Å². The van der Waals surface area contributed by atoms with Crippen LogP contribution >= 0.6 is 11.8 Å². The Morgan fingerprint density at radius 3 is 2.68 bits per heavy atom. The van der Waals surface area contributed by atoms with E-state index in [1.165, 1.54) is 49.2 Å². The normalized spacial score (nSPS) is 22.8. The maximum atomic E-state index is 6.15. The van der Waals surface area contributed by atoms with E-state index in [0.29, 0.717) is 6.10 Å². The van der Waals surface area contributed by atoms with E-state index in [-0.39, 0.29) is 5.41 Å². The molecule has 2 nitrogen and oxygen atoms in total. The minimum atomic E-state index is 0.238. The van der Waals surface area contributed by atoms with E-state index in [2.05, 4.69) is 24.3 Å². The molecule has 0 radical (unpaired) electrons. The number of thioether (sulfide) groups is 1. The topological polar surface area (TPSA) is 35.2 Å². The van der Waals surface area contributed by atoms with Crippen LogP contribution in [0.3, 0.4) is 0 Å². The quantitative estimate of drug-likeness (QED) is 0.916. The molecule has 0 atom stereocenters. The Hall–Kier alpha value is -0.670. The average molecular weight is 277 g/mol. The van der Waals surface area contributed by atoms with Crippen LogP contribution in [-0.4, -0.2) is 24.2 Å². The molecular formula is C16H23NOS. The Kier molecular flexibility index (Phi) is 4.04. The highest BCUT2D eigenvalue weighted by Crippen LogP contribution is 2.43. The Morgan fingerprint density at radius 2 is 2.05 bits per heavy atom. The van der Waals surface area contributed by atoms with Crippen molar-refractivity contribution in [1.82, 2.24) is 0 Å². The standard InChI is InChI=1S/C16H23NOS/c17-12-16(7-2-8-16)13-3-1-4-15(11-13)18-14-5-9-19-10-6-14/h1,3-4,11,14H,2,5-10,12,17H2. The van der Waals surface area contributed by atoms with E-state index < -0.39 is 0 Å². The van der Waals surface area contributed by atoms with Crippen LogP contribution in [0.5, 0.6) is 5.75 Å². The molecule has 104 valence electrons. The van der Waals surface area contributed by atoms with Gasteiger partial charge in [-0.05, 0) is 54.9 Å². The minimum absolute atomic E-state index is 0.238. The summed E-state index contributed by atoms with van der Waals surface area (Å²) in [4.78, 5) is 0. The Bertz CT molecular complexity index is 419. The van der Waals surface area contributed by atoms with Gasteiger partial charge in [0.05, 0.1) is 0 Å². The summed E-state index contributed by atoms with van der Waals surface area (Å²) in [5.74, 6) is 3.50. The van der Waals surface area contributed by atoms with Crippen LogP contribution in [0.4, 0.5) is 0 Å². The molecule has 2 fully saturated rings. The van der Waals surface area contributed by atoms with E-state index in [4.69, 9.17) is 10.5 Å². The van der Waals surface area contributed by atoms with Gasteiger partial charge in [-0.1, -0.05) is 18.6 Å². The summed E-state index contributed by atoms with van der Waals surface area (Å²) in [6, 6.07) is 8.66. The van der Waals surface area contributed by atoms with Crippen molar-refractivity contribution in [2.45, 2.75) is 43.6 Å². The maximum absolute atomic E-state index is 6.15. The van der Waals surface area contributed by atoms with Crippen molar-refractivity contribution in [1.29, 1.82) is 0 Å². The Labute approximate surface area is 120 Å². The molecule has 1 aliphatic heterocycles. The van der Waals surface area contributed by atoms with Crippen LogP contribution in [0.25, 0.3) is 0 Å². The number of benzene rings is 1. The molecular weight excluding hydrogens is 254 g/mol. The number of nitrogens with two attached hydrogens (primary N) is 1. The number of hydrogen-bond donors (Lipinski definition) is 1. The first kappa shape index (κ1) is 13.3. The number of ether oxygens (including phenoxy) is 1. The molecule has 3 heteroatoms. The fourth-order valence-corrected chi connectivity index (χ4v) is 4.16. The fraction of sp³-hybridized carbons (Fsp3) is 0.625. The van der Waals surface area contributed by atoms with E-state index in [1.807, 2.05) is 11.8 Å². The van der Waals surface area contributed by atoms with Gasteiger partial charge in [0.2, 0.25) is 0 Å². The molecule has 1 aromatic rings. The second kappa shape index (κ2) is 5.76. The third kappa shape index (κ3) is 2.77. The van der Waals surface area contributed by atoms with Crippen molar-refractivity contribution in [3.8, 4) is 5.75 Å². The summed E-state index contributed by atoms with van der Waals surface area (Å²) in [5, 5.41) is 0. The van der Waals surface area contributed by atoms with Gasteiger partial charge in [0.15, 0.2) is 0 Å². The van der Waals surface area contributed by atoms with Gasteiger partial charge in [0.1, 0.15) is 11.9 Å². The molecule has 3 rings (SSSR count). The molecule has 1 heterocycles. The molecule has 1 aromatic carbocycles. The minimum Gasteiger partial charge on any atom is -0.490 e. The lowest BCUT2D eigenvalue weighted by molar-refractivity contribution is 0.190. The van der Waals surface area contributed by atoms with Crippen molar-refractivity contribution in [3.05, 3.63) is 29.8 Å². The number of rotatable bonds is 4. The van der Waals surface area contributed by atoms with Crippen LogP contribution in [0, 0.1) is 0 Å². The Balaban J connectivity index is 1.72. The summed E-state index contributed by atoms with van der Waals surface area (Å²) < 4.78 is 6.15. The first-order valence-corrected chi connectivity index (χ1v) is 8.53. The van der Waals surface area contributed by atoms with Crippen LogP contribution in [0.15, 0.2) is 24.3 Å². The second-order valence-corrected chi connectivity index (χ2v) is 7.02. The molecule has 0 spiro atoms. The summed E-state index contributed by atoms with van der Waals surface area (Å²) in [6.45, 7) is 0.760. The molecule has 0 bridgehead atoms. The lowest BCUT2D eigenvalue weighted by atomic mass is 9.64. The SMILES string of the molecule is NCC1(c2cccc(OC3CCSCC3)c2)CCC1. The third-order valence-electron chi connectivity index (χ3n) is 4.62. The van der Waals surface area contributed by atoms with Gasteiger partial charge in [0.25, 0.3) is 0 Å². The highest BCUT2D eigenvalue weighted by molar-refractivity contribution is 7.99. The van der Waals surface area contributed by atoms with Crippen LogP contribution < -0.4 is 10.5 Å². The highest BCUT2D eigenvalue weighted by Gasteiger charge is 2.37. The third-order valence-corrected chi connectivity index (χ3v) is 5.67.